The van der Waals surface area contributed by atoms with Crippen molar-refractivity contribution in [2.45, 2.75) is 12.7 Å². The Bertz CT molecular complexity index is 972. The zero-order chi connectivity index (χ0) is 19.2. The maximum Gasteiger partial charge on any atom is 0.261 e. The van der Waals surface area contributed by atoms with E-state index in [1.165, 1.54) is 23.1 Å². The van der Waals surface area contributed by atoms with Crippen LogP contribution in [0, 0.1) is 0 Å². The second-order valence-corrected chi connectivity index (χ2v) is 7.49. The molecule has 3 aromatic rings. The second-order valence-electron chi connectivity index (χ2n) is 5.65. The number of amides is 2. The molecule has 1 heterocycles. The molecule has 27 heavy (non-hydrogen) atoms. The highest BCUT2D eigenvalue weighted by Crippen LogP contribution is 2.29. The van der Waals surface area contributed by atoms with Crippen molar-refractivity contribution in [3.05, 3.63) is 53.0 Å². The Balaban J connectivity index is 1.81. The lowest BCUT2D eigenvalue weighted by Crippen LogP contribution is -2.14. The van der Waals surface area contributed by atoms with Gasteiger partial charge in [-0.3, -0.25) is 14.9 Å². The number of carbonyl (C=O) groups is 2. The third-order valence-electron chi connectivity index (χ3n) is 3.68. The first-order chi connectivity index (χ1) is 13.1. The number of primary amides is 1. The fraction of sp³-hybridized carbons (Fsp3) is 0.211. The van der Waals surface area contributed by atoms with Crippen LogP contribution in [0.2, 0.25) is 0 Å². The van der Waals surface area contributed by atoms with Gasteiger partial charge >= 0.3 is 0 Å². The van der Waals surface area contributed by atoms with Crippen LogP contribution in [0.15, 0.2) is 41.8 Å². The van der Waals surface area contributed by atoms with Crippen LogP contribution in [0.4, 0.5) is 5.13 Å². The predicted molar refractivity (Wildman–Crippen MR) is 111 cm³/mol. The van der Waals surface area contributed by atoms with Gasteiger partial charge in [0.1, 0.15) is 5.75 Å². The molecule has 6 nitrogen and oxygen atoms in total. The van der Waals surface area contributed by atoms with Crippen molar-refractivity contribution in [3.63, 3.8) is 0 Å². The summed E-state index contributed by atoms with van der Waals surface area (Å²) >= 11 is 2.73. The summed E-state index contributed by atoms with van der Waals surface area (Å²) < 4.78 is 5.66. The lowest BCUT2D eigenvalue weighted by molar-refractivity contribution is -0.115. The zero-order valence-electron chi connectivity index (χ0n) is 14.7. The number of anilines is 1. The third kappa shape index (κ3) is 4.78. The smallest absolute Gasteiger partial charge is 0.261 e. The largest absolute Gasteiger partial charge is 0.493 e. The van der Waals surface area contributed by atoms with E-state index in [0.29, 0.717) is 28.8 Å². The van der Waals surface area contributed by atoms with Crippen LogP contribution in [0.3, 0.4) is 0 Å². The molecular formula is C19H19N3O3S2. The van der Waals surface area contributed by atoms with Gasteiger partial charge in [0.15, 0.2) is 5.13 Å². The molecule has 0 saturated heterocycles. The number of thiazole rings is 1. The van der Waals surface area contributed by atoms with Gasteiger partial charge in [-0.1, -0.05) is 30.3 Å². The van der Waals surface area contributed by atoms with Crippen LogP contribution >= 0.6 is 23.1 Å². The standard InChI is InChI=1S/C19H19N3O3S2/c1-2-25-15-8-7-12-5-3-4-6-14(12)17(15)18(24)22-19-21-13(10-27-19)9-26-11-16(20)23/h3-8,10H,2,9,11H2,1H3,(H2,20,23)(H,21,22,24). The second kappa shape index (κ2) is 8.88. The first-order valence-corrected chi connectivity index (χ1v) is 10.4. The van der Waals surface area contributed by atoms with Crippen molar-refractivity contribution >= 4 is 50.8 Å². The average molecular weight is 402 g/mol. The Labute approximate surface area is 165 Å². The van der Waals surface area contributed by atoms with E-state index < -0.39 is 0 Å². The van der Waals surface area contributed by atoms with E-state index in [-0.39, 0.29) is 17.6 Å². The monoisotopic (exact) mass is 401 g/mol. The Kier molecular flexibility index (Phi) is 6.31. The Hall–Kier alpha value is -2.58. The number of hydrogen-bond donors (Lipinski definition) is 2. The van der Waals surface area contributed by atoms with Gasteiger partial charge in [-0.05, 0) is 23.8 Å². The third-order valence-corrected chi connectivity index (χ3v) is 5.48. The van der Waals surface area contributed by atoms with Gasteiger partial charge in [-0.2, -0.15) is 0 Å². The molecule has 1 aromatic heterocycles. The molecule has 3 rings (SSSR count). The molecule has 0 aliphatic carbocycles. The summed E-state index contributed by atoms with van der Waals surface area (Å²) in [5, 5.41) is 7.01. The van der Waals surface area contributed by atoms with Crippen LogP contribution in [0.1, 0.15) is 23.0 Å². The van der Waals surface area contributed by atoms with Crippen molar-refractivity contribution in [1.82, 2.24) is 4.98 Å². The number of benzene rings is 2. The summed E-state index contributed by atoms with van der Waals surface area (Å²) in [6, 6.07) is 11.4. The first kappa shape index (κ1) is 19.2. The molecule has 2 aromatic carbocycles. The molecule has 0 saturated carbocycles. The van der Waals surface area contributed by atoms with E-state index in [1.807, 2.05) is 48.7 Å². The molecule has 8 heteroatoms. The van der Waals surface area contributed by atoms with Crippen molar-refractivity contribution in [2.75, 3.05) is 17.7 Å². The molecule has 0 bridgehead atoms. The predicted octanol–water partition coefficient (Wildman–Crippen LogP) is 3.67. The number of nitrogens with two attached hydrogens (primary N) is 1. The number of aromatic nitrogens is 1. The number of rotatable bonds is 8. The number of hydrogen-bond acceptors (Lipinski definition) is 6. The SMILES string of the molecule is CCOc1ccc2ccccc2c1C(=O)Nc1nc(CSCC(N)=O)cs1. The lowest BCUT2D eigenvalue weighted by Gasteiger charge is -2.12. The first-order valence-electron chi connectivity index (χ1n) is 8.35. The summed E-state index contributed by atoms with van der Waals surface area (Å²) in [6.45, 7) is 2.35. The molecule has 0 spiro atoms. The summed E-state index contributed by atoms with van der Waals surface area (Å²) in [7, 11) is 0. The van der Waals surface area contributed by atoms with Gasteiger partial charge in [0.05, 0.1) is 23.6 Å². The van der Waals surface area contributed by atoms with Crippen LogP contribution in [0.5, 0.6) is 5.75 Å². The minimum Gasteiger partial charge on any atom is -0.493 e. The van der Waals surface area contributed by atoms with Crippen molar-refractivity contribution < 1.29 is 14.3 Å². The molecule has 2 amide bonds. The topological polar surface area (TPSA) is 94.3 Å². The molecule has 0 aliphatic heterocycles. The number of ether oxygens (including phenoxy) is 1. The lowest BCUT2D eigenvalue weighted by atomic mass is 10.0. The van der Waals surface area contributed by atoms with Crippen LogP contribution in [0.25, 0.3) is 10.8 Å². The van der Waals surface area contributed by atoms with Crippen LogP contribution in [-0.4, -0.2) is 29.2 Å². The van der Waals surface area contributed by atoms with Gasteiger partial charge in [0, 0.05) is 11.1 Å². The molecule has 0 radical (unpaired) electrons. The van der Waals surface area contributed by atoms with Gasteiger partial charge in [0.25, 0.3) is 5.91 Å². The molecular weight excluding hydrogens is 382 g/mol. The summed E-state index contributed by atoms with van der Waals surface area (Å²) in [5.74, 6) is 0.729. The number of fused-ring (bicyclic) bond motifs is 1. The minimum absolute atomic E-state index is 0.243. The highest BCUT2D eigenvalue weighted by atomic mass is 32.2. The summed E-state index contributed by atoms with van der Waals surface area (Å²) in [4.78, 5) is 28.2. The quantitative estimate of drug-likeness (QED) is 0.601. The van der Waals surface area contributed by atoms with Crippen LogP contribution < -0.4 is 15.8 Å². The fourth-order valence-electron chi connectivity index (χ4n) is 2.61. The zero-order valence-corrected chi connectivity index (χ0v) is 16.4. The number of nitrogens with zero attached hydrogens (tertiary/aromatic N) is 1. The van der Waals surface area contributed by atoms with Crippen molar-refractivity contribution in [2.24, 2.45) is 5.73 Å². The maximum absolute atomic E-state index is 12.9. The molecule has 140 valence electrons. The van der Waals surface area contributed by atoms with E-state index in [9.17, 15) is 9.59 Å². The van der Waals surface area contributed by atoms with E-state index >= 15 is 0 Å². The average Bonchev–Trinajstić information content (AvgIpc) is 3.08. The number of nitrogens with one attached hydrogen (secondary N) is 1. The van der Waals surface area contributed by atoms with E-state index in [4.69, 9.17) is 10.5 Å². The molecule has 3 N–H and O–H groups in total. The van der Waals surface area contributed by atoms with E-state index in [0.717, 1.165) is 16.5 Å². The van der Waals surface area contributed by atoms with Crippen LogP contribution in [-0.2, 0) is 10.5 Å². The normalized spacial score (nSPS) is 10.7. The van der Waals surface area contributed by atoms with E-state index in [1.54, 1.807) is 0 Å². The molecule has 0 fully saturated rings. The van der Waals surface area contributed by atoms with Crippen molar-refractivity contribution in [1.29, 1.82) is 0 Å². The molecule has 0 aliphatic rings. The minimum atomic E-state index is -0.358. The van der Waals surface area contributed by atoms with Gasteiger partial charge < -0.3 is 10.5 Å². The van der Waals surface area contributed by atoms with E-state index in [2.05, 4.69) is 10.3 Å². The Morgan fingerprint density at radius 2 is 2.07 bits per heavy atom. The Morgan fingerprint density at radius 1 is 1.26 bits per heavy atom. The van der Waals surface area contributed by atoms with Crippen molar-refractivity contribution in [3.8, 4) is 5.75 Å². The summed E-state index contributed by atoms with van der Waals surface area (Å²) in [6.07, 6.45) is 0. The summed E-state index contributed by atoms with van der Waals surface area (Å²) in [5.41, 5.74) is 6.42. The van der Waals surface area contributed by atoms with Gasteiger partial charge in [-0.15, -0.1) is 23.1 Å². The number of carbonyl (C=O) groups excluding carboxylic acids is 2. The highest BCUT2D eigenvalue weighted by molar-refractivity contribution is 7.99. The maximum atomic E-state index is 12.9. The Morgan fingerprint density at radius 3 is 2.85 bits per heavy atom. The number of thioether (sulfide) groups is 1. The molecule has 0 unspecified atom stereocenters. The van der Waals surface area contributed by atoms with Gasteiger partial charge in [0.2, 0.25) is 5.91 Å². The highest BCUT2D eigenvalue weighted by Gasteiger charge is 2.18. The molecule has 0 atom stereocenters. The fourth-order valence-corrected chi connectivity index (χ4v) is 4.08. The van der Waals surface area contributed by atoms with Gasteiger partial charge in [-0.25, -0.2) is 4.98 Å².